The molecule has 0 radical (unpaired) electrons. The second kappa shape index (κ2) is 9.54. The van der Waals surface area contributed by atoms with Crippen molar-refractivity contribution in [3.05, 3.63) is 59.9 Å². The summed E-state index contributed by atoms with van der Waals surface area (Å²) in [7, 11) is -3.67. The molecule has 2 N–H and O–H groups in total. The Morgan fingerprint density at radius 2 is 1.84 bits per heavy atom. The lowest BCUT2D eigenvalue weighted by Crippen LogP contribution is -2.47. The number of rotatable bonds is 9. The third kappa shape index (κ3) is 4.92. The number of fused-ring (bicyclic) bond motifs is 1. The van der Waals surface area contributed by atoms with Crippen LogP contribution in [-0.2, 0) is 30.1 Å². The van der Waals surface area contributed by atoms with Crippen LogP contribution in [-0.4, -0.2) is 50.9 Å². The van der Waals surface area contributed by atoms with Crippen LogP contribution < -0.4 is 10.0 Å². The van der Waals surface area contributed by atoms with Crippen molar-refractivity contribution < 1.29 is 22.7 Å². The number of aromatic nitrogens is 1. The molecule has 10 heteroatoms. The van der Waals surface area contributed by atoms with Crippen LogP contribution in [0.3, 0.4) is 0 Å². The molecule has 0 saturated heterocycles. The Kier molecular flexibility index (Phi) is 7.04. The largest absolute Gasteiger partial charge is 0.348 e. The highest BCUT2D eigenvalue weighted by Gasteiger charge is 2.37. The minimum absolute atomic E-state index is 0.0159. The van der Waals surface area contributed by atoms with Gasteiger partial charge in [-0.15, -0.1) is 0 Å². The SMILES string of the molecule is CCOC(CNC(=O)[C@H](C)N=C1NS(=O)(=O)c2ccccc21)(OCC)c1ccccn1. The van der Waals surface area contributed by atoms with Crippen molar-refractivity contribution in [1.29, 1.82) is 0 Å². The molecule has 0 fully saturated rings. The van der Waals surface area contributed by atoms with Crippen LogP contribution in [0.2, 0.25) is 0 Å². The van der Waals surface area contributed by atoms with Gasteiger partial charge in [-0.1, -0.05) is 18.2 Å². The summed E-state index contributed by atoms with van der Waals surface area (Å²) in [5.41, 5.74) is 0.976. The van der Waals surface area contributed by atoms with Gasteiger partial charge in [0.1, 0.15) is 17.6 Å². The zero-order valence-corrected chi connectivity index (χ0v) is 18.5. The van der Waals surface area contributed by atoms with Gasteiger partial charge in [-0.05, 0) is 45.0 Å². The van der Waals surface area contributed by atoms with Crippen LogP contribution in [0, 0.1) is 0 Å². The van der Waals surface area contributed by atoms with E-state index >= 15 is 0 Å². The third-order valence-corrected chi connectivity index (χ3v) is 6.07. The summed E-state index contributed by atoms with van der Waals surface area (Å²) < 4.78 is 38.6. The van der Waals surface area contributed by atoms with Gasteiger partial charge in [-0.3, -0.25) is 19.5 Å². The van der Waals surface area contributed by atoms with E-state index in [9.17, 15) is 13.2 Å². The van der Waals surface area contributed by atoms with E-state index in [2.05, 4.69) is 20.0 Å². The van der Waals surface area contributed by atoms with E-state index in [1.54, 1.807) is 43.5 Å². The standard InChI is InChI=1S/C21H26N4O5S/c1-4-29-21(30-5-2,18-12-8-9-13-22-18)14-23-20(26)15(3)24-19-16-10-6-7-11-17(16)31(27,28)25-19/h6-13,15H,4-5,14H2,1-3H3,(H,23,26)(H,24,25)/t15-/m0/s1. The van der Waals surface area contributed by atoms with Gasteiger partial charge in [0.15, 0.2) is 0 Å². The number of hydrogen-bond donors (Lipinski definition) is 2. The van der Waals surface area contributed by atoms with E-state index in [-0.39, 0.29) is 17.3 Å². The molecule has 0 spiro atoms. The molecule has 0 bridgehead atoms. The molecule has 0 saturated carbocycles. The zero-order chi connectivity index (χ0) is 22.5. The first-order chi connectivity index (χ1) is 14.8. The zero-order valence-electron chi connectivity index (χ0n) is 17.7. The van der Waals surface area contributed by atoms with Crippen molar-refractivity contribution in [3.8, 4) is 0 Å². The second-order valence-electron chi connectivity index (χ2n) is 6.81. The van der Waals surface area contributed by atoms with E-state index in [4.69, 9.17) is 9.47 Å². The van der Waals surface area contributed by atoms with Gasteiger partial charge >= 0.3 is 0 Å². The first kappa shape index (κ1) is 22.9. The van der Waals surface area contributed by atoms with Gasteiger partial charge in [0.25, 0.3) is 10.0 Å². The molecule has 3 rings (SSSR count). The summed E-state index contributed by atoms with van der Waals surface area (Å²) in [5, 5.41) is 2.80. The molecule has 9 nitrogen and oxygen atoms in total. The Bertz CT molecular complexity index is 1050. The molecule has 1 aromatic carbocycles. The normalized spacial score (nSPS) is 17.1. The molecule has 0 unspecified atom stereocenters. The highest BCUT2D eigenvalue weighted by Crippen LogP contribution is 2.26. The van der Waals surface area contributed by atoms with Crippen LogP contribution in [0.5, 0.6) is 0 Å². The lowest BCUT2D eigenvalue weighted by Gasteiger charge is -2.33. The number of aliphatic imine (C=N–C) groups is 1. The van der Waals surface area contributed by atoms with Crippen molar-refractivity contribution in [2.24, 2.45) is 4.99 Å². The minimum Gasteiger partial charge on any atom is -0.348 e. The molecule has 2 heterocycles. The Balaban J connectivity index is 1.78. The smallest absolute Gasteiger partial charge is 0.263 e. The highest BCUT2D eigenvalue weighted by atomic mass is 32.2. The van der Waals surface area contributed by atoms with Gasteiger partial charge in [0, 0.05) is 25.0 Å². The van der Waals surface area contributed by atoms with Crippen molar-refractivity contribution in [3.63, 3.8) is 0 Å². The Hall–Kier alpha value is -2.82. The van der Waals surface area contributed by atoms with E-state index in [1.807, 2.05) is 19.9 Å². The Morgan fingerprint density at radius 1 is 1.16 bits per heavy atom. The Morgan fingerprint density at radius 3 is 2.48 bits per heavy atom. The molecule has 31 heavy (non-hydrogen) atoms. The molecule has 1 atom stereocenters. The summed E-state index contributed by atoms with van der Waals surface area (Å²) in [5.74, 6) is -1.51. The summed E-state index contributed by atoms with van der Waals surface area (Å²) in [6.07, 6.45) is 1.63. The number of benzene rings is 1. The van der Waals surface area contributed by atoms with Crippen LogP contribution in [0.25, 0.3) is 0 Å². The fraction of sp³-hybridized carbons (Fsp3) is 0.381. The Labute approximate surface area is 181 Å². The predicted octanol–water partition coefficient (Wildman–Crippen LogP) is 1.55. The lowest BCUT2D eigenvalue weighted by molar-refractivity contribution is -0.241. The van der Waals surface area contributed by atoms with Crippen LogP contribution in [0.15, 0.2) is 58.5 Å². The van der Waals surface area contributed by atoms with E-state index in [0.717, 1.165) is 0 Å². The fourth-order valence-corrected chi connectivity index (χ4v) is 4.51. The van der Waals surface area contributed by atoms with E-state index < -0.39 is 27.8 Å². The van der Waals surface area contributed by atoms with Crippen molar-refractivity contribution in [2.45, 2.75) is 37.5 Å². The maximum atomic E-state index is 12.8. The quantitative estimate of drug-likeness (QED) is 0.564. The third-order valence-electron chi connectivity index (χ3n) is 4.67. The number of nitrogens with one attached hydrogen (secondary N) is 2. The van der Waals surface area contributed by atoms with E-state index in [0.29, 0.717) is 24.5 Å². The molecule has 1 aliphatic rings. The average molecular weight is 447 g/mol. The average Bonchev–Trinajstić information content (AvgIpc) is 3.02. The first-order valence-corrected chi connectivity index (χ1v) is 11.5. The summed E-state index contributed by atoms with van der Waals surface area (Å²) >= 11 is 0. The second-order valence-corrected chi connectivity index (χ2v) is 8.46. The van der Waals surface area contributed by atoms with Crippen molar-refractivity contribution in [2.75, 3.05) is 19.8 Å². The van der Waals surface area contributed by atoms with Gasteiger partial charge in [0.2, 0.25) is 11.7 Å². The fourth-order valence-electron chi connectivity index (χ4n) is 3.27. The number of carbonyl (C=O) groups excluding carboxylic acids is 1. The van der Waals surface area contributed by atoms with Crippen LogP contribution in [0.4, 0.5) is 0 Å². The summed E-state index contributed by atoms with van der Waals surface area (Å²) in [4.78, 5) is 21.5. The van der Waals surface area contributed by atoms with Crippen molar-refractivity contribution >= 4 is 21.8 Å². The van der Waals surface area contributed by atoms with Gasteiger partial charge in [-0.25, -0.2) is 8.42 Å². The predicted molar refractivity (Wildman–Crippen MR) is 115 cm³/mol. The van der Waals surface area contributed by atoms with E-state index in [1.165, 1.54) is 6.07 Å². The number of sulfonamides is 1. The minimum atomic E-state index is -3.67. The number of pyridine rings is 1. The van der Waals surface area contributed by atoms with Gasteiger partial charge in [0.05, 0.1) is 11.4 Å². The lowest BCUT2D eigenvalue weighted by atomic mass is 10.1. The van der Waals surface area contributed by atoms with Gasteiger partial charge in [-0.2, -0.15) is 0 Å². The monoisotopic (exact) mass is 446 g/mol. The number of carbonyl (C=O) groups is 1. The number of hydrogen-bond acceptors (Lipinski definition) is 7. The molecule has 1 amide bonds. The molecule has 166 valence electrons. The molecule has 1 aromatic heterocycles. The van der Waals surface area contributed by atoms with Crippen LogP contribution >= 0.6 is 0 Å². The summed E-state index contributed by atoms with van der Waals surface area (Å²) in [6.45, 7) is 5.96. The highest BCUT2D eigenvalue weighted by molar-refractivity contribution is 7.90. The number of ether oxygens (including phenoxy) is 2. The molecule has 0 aliphatic carbocycles. The first-order valence-electron chi connectivity index (χ1n) is 10.00. The van der Waals surface area contributed by atoms with Gasteiger partial charge < -0.3 is 14.8 Å². The molecule has 1 aliphatic heterocycles. The topological polar surface area (TPSA) is 119 Å². The maximum absolute atomic E-state index is 12.8. The number of amidine groups is 1. The maximum Gasteiger partial charge on any atom is 0.263 e. The molecule has 2 aromatic rings. The molecular formula is C21H26N4O5S. The number of amides is 1. The molecular weight excluding hydrogens is 420 g/mol. The van der Waals surface area contributed by atoms with Crippen molar-refractivity contribution in [1.82, 2.24) is 15.0 Å². The summed E-state index contributed by atoms with van der Waals surface area (Å²) in [6, 6.07) is 11.0. The number of nitrogens with zero attached hydrogens (tertiary/aromatic N) is 2. The van der Waals surface area contributed by atoms with Crippen LogP contribution in [0.1, 0.15) is 32.0 Å².